The molecule has 1 atom stereocenters. The van der Waals surface area contributed by atoms with Crippen LogP contribution in [0.15, 0.2) is 72.8 Å². The average Bonchev–Trinajstić information content (AvgIpc) is 3.14. The van der Waals surface area contributed by atoms with Crippen molar-refractivity contribution >= 4 is 33.0 Å². The van der Waals surface area contributed by atoms with E-state index in [1.165, 1.54) is 9.80 Å². The maximum absolute atomic E-state index is 14.0. The molecule has 32 heavy (non-hydrogen) atoms. The van der Waals surface area contributed by atoms with Gasteiger partial charge in [-0.1, -0.05) is 54.6 Å². The second-order valence-corrected chi connectivity index (χ2v) is 10.4. The van der Waals surface area contributed by atoms with E-state index in [4.69, 9.17) is 0 Å². The summed E-state index contributed by atoms with van der Waals surface area (Å²) in [5, 5.41) is 0. The fraction of sp³-hybridized carbons (Fsp3) is 0.200. The van der Waals surface area contributed by atoms with Crippen molar-refractivity contribution in [3.8, 4) is 0 Å². The van der Waals surface area contributed by atoms with E-state index in [-0.39, 0.29) is 6.54 Å². The number of benzene rings is 3. The lowest BCUT2D eigenvalue weighted by molar-refractivity contribution is -0.123. The van der Waals surface area contributed by atoms with Gasteiger partial charge in [0, 0.05) is 11.3 Å². The smallest absolute Gasteiger partial charge is 0.274 e. The maximum atomic E-state index is 14.0. The molecule has 6 nitrogen and oxygen atoms in total. The molecule has 3 aromatic rings. The van der Waals surface area contributed by atoms with Crippen LogP contribution in [0.2, 0.25) is 0 Å². The van der Waals surface area contributed by atoms with E-state index in [9.17, 15) is 18.0 Å². The Morgan fingerprint density at radius 2 is 1.56 bits per heavy atom. The number of rotatable bonds is 3. The van der Waals surface area contributed by atoms with Gasteiger partial charge in [0.15, 0.2) is 9.84 Å². The van der Waals surface area contributed by atoms with Gasteiger partial charge in [-0.25, -0.2) is 8.42 Å². The number of para-hydroxylation sites is 1. The fourth-order valence-corrected chi connectivity index (χ4v) is 6.71. The van der Waals surface area contributed by atoms with Crippen molar-refractivity contribution in [3.05, 3.63) is 95.1 Å². The fourth-order valence-electron chi connectivity index (χ4n) is 4.68. The molecule has 2 heterocycles. The second-order valence-electron chi connectivity index (χ2n) is 8.29. The Kier molecular flexibility index (Phi) is 4.49. The molecule has 5 rings (SSSR count). The van der Waals surface area contributed by atoms with Crippen molar-refractivity contribution in [1.82, 2.24) is 0 Å². The molecule has 0 aliphatic carbocycles. The number of sulfone groups is 1. The molecule has 162 valence electrons. The molecule has 0 saturated carbocycles. The molecular weight excluding hydrogens is 424 g/mol. The summed E-state index contributed by atoms with van der Waals surface area (Å²) in [7, 11) is -4.16. The third kappa shape index (κ3) is 2.67. The van der Waals surface area contributed by atoms with Crippen LogP contribution in [0.3, 0.4) is 0 Å². The number of fused-ring (bicyclic) bond motifs is 2. The molecule has 2 aliphatic heterocycles. The molecule has 0 radical (unpaired) electrons. The minimum Gasteiger partial charge on any atom is -0.304 e. The number of nitrogens with zero attached hydrogens (tertiary/aromatic N) is 2. The lowest BCUT2D eigenvalue weighted by Gasteiger charge is -2.33. The normalized spacial score (nSPS) is 21.4. The topological polar surface area (TPSA) is 74.8 Å². The van der Waals surface area contributed by atoms with E-state index in [1.807, 2.05) is 50.2 Å². The van der Waals surface area contributed by atoms with Crippen LogP contribution in [0, 0.1) is 13.8 Å². The monoisotopic (exact) mass is 446 g/mol. The highest BCUT2D eigenvalue weighted by Gasteiger charge is 2.69. The molecule has 3 aromatic carbocycles. The van der Waals surface area contributed by atoms with Crippen LogP contribution in [-0.4, -0.2) is 26.0 Å². The van der Waals surface area contributed by atoms with Crippen LogP contribution in [0.5, 0.6) is 0 Å². The van der Waals surface area contributed by atoms with E-state index < -0.39 is 32.3 Å². The third-order valence-corrected chi connectivity index (χ3v) is 8.46. The molecule has 1 spiro atoms. The number of anilines is 2. The van der Waals surface area contributed by atoms with Gasteiger partial charge in [0.2, 0.25) is 5.91 Å². The lowest BCUT2D eigenvalue weighted by Crippen LogP contribution is -2.54. The standard InChI is InChI=1S/C25H22N2O4S/c1-17-12-13-20(14-18(17)2)27-23(28)16-32(30,31)25(27)21-10-6-7-11-22(21)26(24(25)29)15-19-8-4-3-5-9-19/h3-14H,15-16H2,1-2H3. The van der Waals surface area contributed by atoms with Crippen LogP contribution in [-0.2, 0) is 30.8 Å². The summed E-state index contributed by atoms with van der Waals surface area (Å²) >= 11 is 0. The SMILES string of the molecule is Cc1ccc(N2C(=O)CS(=O)(=O)C23C(=O)N(Cc2ccccc2)c2ccccc23)cc1C. The average molecular weight is 447 g/mol. The second kappa shape index (κ2) is 7.03. The summed E-state index contributed by atoms with van der Waals surface area (Å²) in [6.07, 6.45) is 0. The minimum absolute atomic E-state index is 0.211. The first-order valence-corrected chi connectivity index (χ1v) is 12.0. The van der Waals surface area contributed by atoms with Crippen molar-refractivity contribution in [2.45, 2.75) is 25.3 Å². The van der Waals surface area contributed by atoms with Crippen molar-refractivity contribution < 1.29 is 18.0 Å². The minimum atomic E-state index is -4.16. The van der Waals surface area contributed by atoms with Crippen molar-refractivity contribution in [2.24, 2.45) is 0 Å². The van der Waals surface area contributed by atoms with E-state index in [0.29, 0.717) is 16.9 Å². The quantitative estimate of drug-likeness (QED) is 0.618. The van der Waals surface area contributed by atoms with Gasteiger partial charge in [-0.3, -0.25) is 14.5 Å². The van der Waals surface area contributed by atoms with Crippen LogP contribution >= 0.6 is 0 Å². The molecular formula is C25H22N2O4S. The summed E-state index contributed by atoms with van der Waals surface area (Å²) in [4.78, 5) is 27.8. The molecule has 1 fully saturated rings. The van der Waals surface area contributed by atoms with Crippen molar-refractivity contribution in [2.75, 3.05) is 15.6 Å². The number of aryl methyl sites for hydroxylation is 2. The number of carbonyl (C=O) groups is 2. The van der Waals surface area contributed by atoms with E-state index >= 15 is 0 Å². The zero-order chi connectivity index (χ0) is 22.7. The number of carbonyl (C=O) groups excluding carboxylic acids is 2. The van der Waals surface area contributed by atoms with Crippen LogP contribution in [0.1, 0.15) is 22.3 Å². The molecule has 0 bridgehead atoms. The first kappa shape index (κ1) is 20.5. The maximum Gasteiger partial charge on any atom is 0.274 e. The summed E-state index contributed by atoms with van der Waals surface area (Å²) in [5.74, 6) is -1.93. The van der Waals surface area contributed by atoms with Gasteiger partial charge < -0.3 is 4.90 Å². The first-order valence-electron chi connectivity index (χ1n) is 10.4. The predicted molar refractivity (Wildman–Crippen MR) is 123 cm³/mol. The van der Waals surface area contributed by atoms with Crippen LogP contribution < -0.4 is 9.80 Å². The summed E-state index contributed by atoms with van der Waals surface area (Å²) in [5.41, 5.74) is 4.03. The highest BCUT2D eigenvalue weighted by Crippen LogP contribution is 2.52. The van der Waals surface area contributed by atoms with Gasteiger partial charge in [-0.2, -0.15) is 0 Å². The number of hydrogen-bond donors (Lipinski definition) is 0. The predicted octanol–water partition coefficient (Wildman–Crippen LogP) is 3.46. The van der Waals surface area contributed by atoms with Gasteiger partial charge in [-0.05, 0) is 48.7 Å². The summed E-state index contributed by atoms with van der Waals surface area (Å²) in [6, 6.07) is 21.6. The number of hydrogen-bond acceptors (Lipinski definition) is 4. The van der Waals surface area contributed by atoms with Crippen molar-refractivity contribution in [3.63, 3.8) is 0 Å². The summed E-state index contributed by atoms with van der Waals surface area (Å²) in [6.45, 7) is 4.05. The first-order chi connectivity index (χ1) is 15.3. The van der Waals surface area contributed by atoms with Crippen LogP contribution in [0.4, 0.5) is 11.4 Å². The molecule has 2 amide bonds. The van der Waals surface area contributed by atoms with Crippen molar-refractivity contribution in [1.29, 1.82) is 0 Å². The van der Waals surface area contributed by atoms with Gasteiger partial charge in [0.25, 0.3) is 10.8 Å². The molecule has 1 saturated heterocycles. The Balaban J connectivity index is 1.75. The Morgan fingerprint density at radius 3 is 2.28 bits per heavy atom. The highest BCUT2D eigenvalue weighted by atomic mass is 32.2. The Morgan fingerprint density at radius 1 is 0.875 bits per heavy atom. The zero-order valence-electron chi connectivity index (χ0n) is 17.8. The molecule has 1 unspecified atom stereocenters. The van der Waals surface area contributed by atoms with E-state index in [1.54, 1.807) is 36.4 Å². The molecule has 0 N–H and O–H groups in total. The summed E-state index contributed by atoms with van der Waals surface area (Å²) < 4.78 is 27.2. The van der Waals surface area contributed by atoms with Gasteiger partial charge >= 0.3 is 0 Å². The molecule has 7 heteroatoms. The Hall–Kier alpha value is -3.45. The lowest BCUT2D eigenvalue weighted by atomic mass is 10.0. The van der Waals surface area contributed by atoms with E-state index in [2.05, 4.69) is 0 Å². The molecule has 0 aromatic heterocycles. The zero-order valence-corrected chi connectivity index (χ0v) is 18.6. The van der Waals surface area contributed by atoms with Gasteiger partial charge in [0.1, 0.15) is 5.75 Å². The Labute approximate surface area is 187 Å². The van der Waals surface area contributed by atoms with Gasteiger partial charge in [-0.15, -0.1) is 0 Å². The van der Waals surface area contributed by atoms with E-state index in [0.717, 1.165) is 16.7 Å². The van der Waals surface area contributed by atoms with Gasteiger partial charge in [0.05, 0.1) is 12.2 Å². The highest BCUT2D eigenvalue weighted by molar-refractivity contribution is 7.94. The third-order valence-electron chi connectivity index (χ3n) is 6.36. The molecule has 2 aliphatic rings. The Bertz CT molecular complexity index is 1370. The largest absolute Gasteiger partial charge is 0.304 e. The number of amides is 2. The van der Waals surface area contributed by atoms with Crippen LogP contribution in [0.25, 0.3) is 0 Å².